The number of benzene rings is 2. The van der Waals surface area contributed by atoms with Gasteiger partial charge in [0.05, 0.1) is 0 Å². The molecule has 0 saturated heterocycles. The summed E-state index contributed by atoms with van der Waals surface area (Å²) in [4.78, 5) is 1.60. The molecule has 1 aromatic heterocycles. The number of nitrogens with one attached hydrogen (secondary N) is 1. The molecule has 0 atom stereocenters. The van der Waals surface area contributed by atoms with Crippen LogP contribution in [0.5, 0.6) is 0 Å². The molecule has 3 aromatic rings. The van der Waals surface area contributed by atoms with Crippen LogP contribution in [0.3, 0.4) is 0 Å². The molecule has 0 amide bonds. The first kappa shape index (κ1) is 15.4. The molecule has 3 rings (SSSR count). The van der Waals surface area contributed by atoms with Gasteiger partial charge in [-0.1, -0.05) is 42.5 Å². The maximum atomic E-state index is 12.9. The summed E-state index contributed by atoms with van der Waals surface area (Å²) in [5.41, 5.74) is 4.01. The Labute approximate surface area is 135 Å². The van der Waals surface area contributed by atoms with E-state index in [-0.39, 0.29) is 5.82 Å². The lowest BCUT2D eigenvalue weighted by molar-refractivity contribution is 0.620. The normalized spacial score (nSPS) is 10.9. The molecule has 0 fully saturated rings. The van der Waals surface area contributed by atoms with Crippen molar-refractivity contribution in [3.8, 4) is 11.3 Å². The van der Waals surface area contributed by atoms with Crippen LogP contribution in [-0.4, -0.2) is 21.5 Å². The highest BCUT2D eigenvalue weighted by atomic mass is 19.1. The second kappa shape index (κ2) is 7.15. The highest BCUT2D eigenvalue weighted by Gasteiger charge is 2.11. The van der Waals surface area contributed by atoms with E-state index >= 15 is 0 Å². The van der Waals surface area contributed by atoms with E-state index in [1.807, 2.05) is 49.5 Å². The van der Waals surface area contributed by atoms with Gasteiger partial charge < -0.3 is 5.32 Å². The molecule has 4 nitrogen and oxygen atoms in total. The van der Waals surface area contributed by atoms with Crippen molar-refractivity contribution in [3.05, 3.63) is 71.7 Å². The average molecular weight is 310 g/mol. The molecular weight excluding hydrogens is 291 g/mol. The van der Waals surface area contributed by atoms with Crippen LogP contribution in [0, 0.1) is 5.82 Å². The van der Waals surface area contributed by atoms with Gasteiger partial charge >= 0.3 is 0 Å². The molecular formula is C18H19FN4. The summed E-state index contributed by atoms with van der Waals surface area (Å²) in [6.45, 7) is 1.45. The van der Waals surface area contributed by atoms with Crippen molar-refractivity contribution < 1.29 is 4.39 Å². The van der Waals surface area contributed by atoms with E-state index in [0.717, 1.165) is 35.5 Å². The van der Waals surface area contributed by atoms with E-state index in [1.165, 1.54) is 12.1 Å². The Kier molecular flexibility index (Phi) is 4.78. The van der Waals surface area contributed by atoms with Crippen LogP contribution in [0.1, 0.15) is 11.3 Å². The predicted molar refractivity (Wildman–Crippen MR) is 88.2 cm³/mol. The van der Waals surface area contributed by atoms with Gasteiger partial charge in [-0.15, -0.1) is 0 Å². The number of hydrogen-bond donors (Lipinski definition) is 1. The van der Waals surface area contributed by atoms with Gasteiger partial charge in [0, 0.05) is 19.2 Å². The molecule has 0 saturated carbocycles. The summed E-state index contributed by atoms with van der Waals surface area (Å²) in [6, 6.07) is 16.7. The van der Waals surface area contributed by atoms with Crippen molar-refractivity contribution >= 4 is 0 Å². The lowest BCUT2D eigenvalue weighted by atomic mass is 10.1. The zero-order chi connectivity index (χ0) is 16.1. The van der Waals surface area contributed by atoms with Gasteiger partial charge in [-0.05, 0) is 30.7 Å². The Morgan fingerprint density at radius 1 is 1.00 bits per heavy atom. The highest BCUT2D eigenvalue weighted by Crippen LogP contribution is 2.19. The summed E-state index contributed by atoms with van der Waals surface area (Å²) >= 11 is 0. The van der Waals surface area contributed by atoms with E-state index in [0.29, 0.717) is 6.54 Å². The second-order valence-corrected chi connectivity index (χ2v) is 5.40. The molecule has 5 heteroatoms. The van der Waals surface area contributed by atoms with E-state index in [2.05, 4.69) is 15.5 Å². The third kappa shape index (κ3) is 4.02. The minimum Gasteiger partial charge on any atom is -0.311 e. The van der Waals surface area contributed by atoms with E-state index in [9.17, 15) is 4.39 Å². The molecule has 0 spiro atoms. The van der Waals surface area contributed by atoms with E-state index in [4.69, 9.17) is 0 Å². The van der Waals surface area contributed by atoms with Crippen molar-refractivity contribution in [2.75, 3.05) is 6.54 Å². The monoisotopic (exact) mass is 310 g/mol. The zero-order valence-electron chi connectivity index (χ0n) is 13.0. The van der Waals surface area contributed by atoms with Crippen molar-refractivity contribution in [1.82, 2.24) is 20.3 Å². The first-order valence-electron chi connectivity index (χ1n) is 7.63. The average Bonchev–Trinajstić information content (AvgIpc) is 2.95. The van der Waals surface area contributed by atoms with Gasteiger partial charge in [0.15, 0.2) is 0 Å². The fourth-order valence-electron chi connectivity index (χ4n) is 2.48. The molecule has 2 aromatic carbocycles. The first-order valence-corrected chi connectivity index (χ1v) is 7.63. The van der Waals surface area contributed by atoms with Gasteiger partial charge in [0.1, 0.15) is 17.2 Å². The molecule has 0 bridgehead atoms. The van der Waals surface area contributed by atoms with Crippen LogP contribution in [0.2, 0.25) is 0 Å². The largest absolute Gasteiger partial charge is 0.311 e. The Morgan fingerprint density at radius 2 is 1.74 bits per heavy atom. The smallest absolute Gasteiger partial charge is 0.123 e. The van der Waals surface area contributed by atoms with Gasteiger partial charge in [0.25, 0.3) is 0 Å². The number of halogens is 1. The van der Waals surface area contributed by atoms with Crippen molar-refractivity contribution in [3.63, 3.8) is 0 Å². The van der Waals surface area contributed by atoms with Crippen LogP contribution in [0.15, 0.2) is 54.6 Å². The standard InChI is InChI=1S/C18H19FN4/c1-23-21-17(18(22-23)15-5-3-2-4-6-15)13-20-12-11-14-7-9-16(19)10-8-14/h2-10,20H,11-13H2,1H3. The fraction of sp³-hybridized carbons (Fsp3) is 0.222. The van der Waals surface area contributed by atoms with Crippen LogP contribution >= 0.6 is 0 Å². The van der Waals surface area contributed by atoms with Gasteiger partial charge in [-0.25, -0.2) is 4.39 Å². The maximum Gasteiger partial charge on any atom is 0.123 e. The van der Waals surface area contributed by atoms with Crippen molar-refractivity contribution in [2.24, 2.45) is 7.05 Å². The Morgan fingerprint density at radius 3 is 2.48 bits per heavy atom. The molecule has 0 radical (unpaired) electrons. The first-order chi connectivity index (χ1) is 11.2. The van der Waals surface area contributed by atoms with Crippen LogP contribution < -0.4 is 5.32 Å². The SMILES string of the molecule is Cn1nc(CNCCc2ccc(F)cc2)c(-c2ccccc2)n1. The van der Waals surface area contributed by atoms with Crippen molar-refractivity contribution in [2.45, 2.75) is 13.0 Å². The summed E-state index contributed by atoms with van der Waals surface area (Å²) in [5, 5.41) is 12.3. The minimum absolute atomic E-state index is 0.200. The number of aryl methyl sites for hydroxylation is 1. The fourth-order valence-corrected chi connectivity index (χ4v) is 2.48. The minimum atomic E-state index is -0.200. The third-order valence-corrected chi connectivity index (χ3v) is 3.63. The lowest BCUT2D eigenvalue weighted by Crippen LogP contribution is -2.17. The molecule has 0 aliphatic rings. The topological polar surface area (TPSA) is 42.7 Å². The van der Waals surface area contributed by atoms with Crippen LogP contribution in [-0.2, 0) is 20.0 Å². The summed E-state index contributed by atoms with van der Waals surface area (Å²) in [5.74, 6) is -0.200. The summed E-state index contributed by atoms with van der Waals surface area (Å²) in [7, 11) is 1.83. The lowest BCUT2D eigenvalue weighted by Gasteiger charge is -2.05. The van der Waals surface area contributed by atoms with Crippen LogP contribution in [0.25, 0.3) is 11.3 Å². The molecule has 118 valence electrons. The van der Waals surface area contributed by atoms with Gasteiger partial charge in [-0.2, -0.15) is 15.0 Å². The molecule has 1 N–H and O–H groups in total. The van der Waals surface area contributed by atoms with Crippen molar-refractivity contribution in [1.29, 1.82) is 0 Å². The molecule has 23 heavy (non-hydrogen) atoms. The zero-order valence-corrected chi connectivity index (χ0v) is 13.0. The Hall–Kier alpha value is -2.53. The molecule has 1 heterocycles. The summed E-state index contributed by atoms with van der Waals surface area (Å²) < 4.78 is 12.9. The van der Waals surface area contributed by atoms with E-state index < -0.39 is 0 Å². The highest BCUT2D eigenvalue weighted by molar-refractivity contribution is 5.60. The molecule has 0 aliphatic heterocycles. The molecule has 0 unspecified atom stereocenters. The van der Waals surface area contributed by atoms with Gasteiger partial charge in [0.2, 0.25) is 0 Å². The Bertz CT molecular complexity index is 750. The number of rotatable bonds is 6. The number of nitrogens with zero attached hydrogens (tertiary/aromatic N) is 3. The molecule has 0 aliphatic carbocycles. The number of aromatic nitrogens is 3. The van der Waals surface area contributed by atoms with E-state index in [1.54, 1.807) is 4.80 Å². The third-order valence-electron chi connectivity index (χ3n) is 3.63. The second-order valence-electron chi connectivity index (χ2n) is 5.40. The number of hydrogen-bond acceptors (Lipinski definition) is 3. The maximum absolute atomic E-state index is 12.9. The van der Waals surface area contributed by atoms with Crippen LogP contribution in [0.4, 0.5) is 4.39 Å². The van der Waals surface area contributed by atoms with Gasteiger partial charge in [-0.3, -0.25) is 0 Å². The quantitative estimate of drug-likeness (QED) is 0.712. The Balaban J connectivity index is 1.59. The predicted octanol–water partition coefficient (Wildman–Crippen LogP) is 2.95. The summed E-state index contributed by atoms with van der Waals surface area (Å²) in [6.07, 6.45) is 0.848.